The summed E-state index contributed by atoms with van der Waals surface area (Å²) >= 11 is 11.8. The summed E-state index contributed by atoms with van der Waals surface area (Å²) in [5.41, 5.74) is 0.293. The molecule has 2 rings (SSSR count). The third kappa shape index (κ3) is 5.11. The van der Waals surface area contributed by atoms with Crippen LogP contribution in [0.2, 0.25) is 10.0 Å². The lowest BCUT2D eigenvalue weighted by molar-refractivity contribution is -0.118. The van der Waals surface area contributed by atoms with E-state index in [1.165, 1.54) is 24.4 Å². The van der Waals surface area contributed by atoms with E-state index in [2.05, 4.69) is 10.3 Å². The summed E-state index contributed by atoms with van der Waals surface area (Å²) < 4.78 is 10.2. The first-order valence-electron chi connectivity index (χ1n) is 7.00. The van der Waals surface area contributed by atoms with Crippen LogP contribution in [0.4, 0.5) is 5.82 Å². The minimum absolute atomic E-state index is 0.214. The maximum absolute atomic E-state index is 11.9. The smallest absolute Gasteiger partial charge is 0.338 e. The molecule has 0 bridgehead atoms. The number of ether oxygens (including phenoxy) is 2. The SMILES string of the molecule is CCOC(=O)c1ccnc(NC(=O)COc2cc(Cl)ccc2Cl)c1. The second-order valence-corrected chi connectivity index (χ2v) is 5.41. The molecule has 1 aromatic carbocycles. The number of pyridine rings is 1. The molecule has 2 aromatic rings. The number of carbonyl (C=O) groups excluding carboxylic acids is 2. The molecule has 0 saturated carbocycles. The fourth-order valence-corrected chi connectivity index (χ4v) is 2.08. The van der Waals surface area contributed by atoms with E-state index < -0.39 is 11.9 Å². The van der Waals surface area contributed by atoms with Crippen LogP contribution in [0.3, 0.4) is 0 Å². The van der Waals surface area contributed by atoms with E-state index in [0.717, 1.165) is 0 Å². The van der Waals surface area contributed by atoms with Crippen molar-refractivity contribution in [2.75, 3.05) is 18.5 Å². The van der Waals surface area contributed by atoms with E-state index in [1.807, 2.05) is 0 Å². The number of carbonyl (C=O) groups is 2. The number of rotatable bonds is 6. The Morgan fingerprint density at radius 1 is 1.21 bits per heavy atom. The van der Waals surface area contributed by atoms with Crippen LogP contribution in [0.1, 0.15) is 17.3 Å². The Morgan fingerprint density at radius 2 is 2.00 bits per heavy atom. The van der Waals surface area contributed by atoms with Gasteiger partial charge in [-0.25, -0.2) is 9.78 Å². The number of benzene rings is 1. The third-order valence-corrected chi connectivity index (χ3v) is 3.34. The second kappa shape index (κ2) is 8.52. The molecule has 0 aliphatic carbocycles. The lowest BCUT2D eigenvalue weighted by atomic mass is 10.2. The number of hydrogen-bond donors (Lipinski definition) is 1. The molecule has 1 N–H and O–H groups in total. The number of amides is 1. The van der Waals surface area contributed by atoms with E-state index in [0.29, 0.717) is 21.4 Å². The van der Waals surface area contributed by atoms with Crippen LogP contribution < -0.4 is 10.1 Å². The molecule has 0 aliphatic rings. The van der Waals surface area contributed by atoms with Crippen molar-refractivity contribution >= 4 is 40.9 Å². The van der Waals surface area contributed by atoms with Crippen LogP contribution in [-0.2, 0) is 9.53 Å². The molecular formula is C16H14Cl2N2O4. The zero-order chi connectivity index (χ0) is 17.5. The second-order valence-electron chi connectivity index (χ2n) is 4.56. The third-order valence-electron chi connectivity index (χ3n) is 2.79. The van der Waals surface area contributed by atoms with Gasteiger partial charge >= 0.3 is 5.97 Å². The van der Waals surface area contributed by atoms with Crippen molar-refractivity contribution in [1.82, 2.24) is 4.98 Å². The minimum Gasteiger partial charge on any atom is -0.482 e. The van der Waals surface area contributed by atoms with Crippen molar-refractivity contribution in [3.8, 4) is 5.75 Å². The Kier molecular flexibility index (Phi) is 6.40. The average Bonchev–Trinajstić information content (AvgIpc) is 2.56. The summed E-state index contributed by atoms with van der Waals surface area (Å²) in [5.74, 6) is -0.434. The van der Waals surface area contributed by atoms with Gasteiger partial charge in [0, 0.05) is 17.3 Å². The molecule has 8 heteroatoms. The molecule has 1 aromatic heterocycles. The summed E-state index contributed by atoms with van der Waals surface area (Å²) in [6, 6.07) is 7.61. The molecule has 0 unspecified atom stereocenters. The Balaban J connectivity index is 1.96. The van der Waals surface area contributed by atoms with Gasteiger partial charge in [-0.1, -0.05) is 23.2 Å². The number of halogens is 2. The molecule has 1 heterocycles. The standard InChI is InChI=1S/C16H14Cl2N2O4/c1-2-23-16(22)10-5-6-19-14(7-10)20-15(21)9-24-13-8-11(17)3-4-12(13)18/h3-8H,2,9H2,1H3,(H,19,20,21). The molecule has 0 atom stereocenters. The summed E-state index contributed by atoms with van der Waals surface area (Å²) in [5, 5.41) is 3.31. The highest BCUT2D eigenvalue weighted by Crippen LogP contribution is 2.27. The molecule has 0 radical (unpaired) electrons. The fourth-order valence-electron chi connectivity index (χ4n) is 1.75. The number of hydrogen-bond acceptors (Lipinski definition) is 5. The highest BCUT2D eigenvalue weighted by molar-refractivity contribution is 6.34. The molecular weight excluding hydrogens is 355 g/mol. The Labute approximate surface area is 148 Å². The van der Waals surface area contributed by atoms with Crippen molar-refractivity contribution < 1.29 is 19.1 Å². The van der Waals surface area contributed by atoms with Gasteiger partial charge in [0.2, 0.25) is 0 Å². The zero-order valence-corrected chi connectivity index (χ0v) is 14.2. The molecule has 126 valence electrons. The van der Waals surface area contributed by atoms with E-state index in [4.69, 9.17) is 32.7 Å². The van der Waals surface area contributed by atoms with Gasteiger partial charge in [-0.2, -0.15) is 0 Å². The van der Waals surface area contributed by atoms with E-state index in [-0.39, 0.29) is 19.0 Å². The van der Waals surface area contributed by atoms with Crippen molar-refractivity contribution in [3.63, 3.8) is 0 Å². The largest absolute Gasteiger partial charge is 0.482 e. The number of aromatic nitrogens is 1. The van der Waals surface area contributed by atoms with Crippen LogP contribution in [-0.4, -0.2) is 30.1 Å². The molecule has 0 fully saturated rings. The van der Waals surface area contributed by atoms with Crippen molar-refractivity contribution in [2.45, 2.75) is 6.92 Å². The monoisotopic (exact) mass is 368 g/mol. The maximum atomic E-state index is 11.9. The van der Waals surface area contributed by atoms with E-state index >= 15 is 0 Å². The molecule has 0 aliphatic heterocycles. The fraction of sp³-hybridized carbons (Fsp3) is 0.188. The average molecular weight is 369 g/mol. The Morgan fingerprint density at radius 3 is 2.75 bits per heavy atom. The van der Waals surface area contributed by atoms with Gasteiger partial charge in [0.1, 0.15) is 11.6 Å². The number of anilines is 1. The van der Waals surface area contributed by atoms with E-state index in [1.54, 1.807) is 19.1 Å². The quantitative estimate of drug-likeness (QED) is 0.788. The first-order chi connectivity index (χ1) is 11.5. The minimum atomic E-state index is -0.489. The number of nitrogens with zero attached hydrogens (tertiary/aromatic N) is 1. The molecule has 24 heavy (non-hydrogen) atoms. The van der Waals surface area contributed by atoms with Gasteiger partial charge < -0.3 is 14.8 Å². The lowest BCUT2D eigenvalue weighted by Gasteiger charge is -2.09. The first kappa shape index (κ1) is 18.0. The summed E-state index contributed by atoms with van der Waals surface area (Å²) in [4.78, 5) is 27.5. The lowest BCUT2D eigenvalue weighted by Crippen LogP contribution is -2.21. The number of nitrogens with one attached hydrogen (secondary N) is 1. The summed E-state index contributed by atoms with van der Waals surface area (Å²) in [6.45, 7) is 1.68. The summed E-state index contributed by atoms with van der Waals surface area (Å²) in [7, 11) is 0. The van der Waals surface area contributed by atoms with Crippen molar-refractivity contribution in [2.24, 2.45) is 0 Å². The molecule has 6 nitrogen and oxygen atoms in total. The van der Waals surface area contributed by atoms with Gasteiger partial charge in [-0.05, 0) is 31.2 Å². The van der Waals surface area contributed by atoms with Gasteiger partial charge in [-0.15, -0.1) is 0 Å². The number of esters is 1. The first-order valence-corrected chi connectivity index (χ1v) is 7.76. The van der Waals surface area contributed by atoms with Crippen LogP contribution in [0.15, 0.2) is 36.5 Å². The Bertz CT molecular complexity index is 753. The highest BCUT2D eigenvalue weighted by atomic mass is 35.5. The Hall–Kier alpha value is -2.31. The predicted octanol–water partition coefficient (Wildman–Crippen LogP) is 3.58. The van der Waals surface area contributed by atoms with Crippen LogP contribution >= 0.6 is 23.2 Å². The van der Waals surface area contributed by atoms with Crippen molar-refractivity contribution in [1.29, 1.82) is 0 Å². The van der Waals surface area contributed by atoms with E-state index in [9.17, 15) is 9.59 Å². The van der Waals surface area contributed by atoms with Crippen LogP contribution in [0.25, 0.3) is 0 Å². The van der Waals surface area contributed by atoms with Gasteiger partial charge in [0.05, 0.1) is 17.2 Å². The van der Waals surface area contributed by atoms with Gasteiger partial charge in [0.25, 0.3) is 5.91 Å². The maximum Gasteiger partial charge on any atom is 0.338 e. The van der Waals surface area contributed by atoms with Gasteiger partial charge in [0.15, 0.2) is 6.61 Å². The summed E-state index contributed by atoms with van der Waals surface area (Å²) in [6.07, 6.45) is 1.40. The van der Waals surface area contributed by atoms with Crippen molar-refractivity contribution in [3.05, 3.63) is 52.1 Å². The predicted molar refractivity (Wildman–Crippen MR) is 90.8 cm³/mol. The topological polar surface area (TPSA) is 77.5 Å². The molecule has 0 saturated heterocycles. The van der Waals surface area contributed by atoms with Crippen LogP contribution in [0.5, 0.6) is 5.75 Å². The normalized spacial score (nSPS) is 10.1. The van der Waals surface area contributed by atoms with Gasteiger partial charge in [-0.3, -0.25) is 4.79 Å². The highest BCUT2D eigenvalue weighted by Gasteiger charge is 2.11. The van der Waals surface area contributed by atoms with Crippen LogP contribution in [0, 0.1) is 0 Å². The zero-order valence-electron chi connectivity index (χ0n) is 12.7. The molecule has 1 amide bonds. The molecule has 0 spiro atoms.